The highest BCUT2D eigenvalue weighted by Crippen LogP contribution is 2.18. The third kappa shape index (κ3) is 3.31. The highest BCUT2D eigenvalue weighted by molar-refractivity contribution is 7.89. The SMILES string of the molecule is NNc1ccc(CCNS(=O)(=O)c2cccc3n[nH]nc23)cc1. The van der Waals surface area contributed by atoms with Gasteiger partial charge < -0.3 is 5.43 Å². The third-order valence-corrected chi connectivity index (χ3v) is 4.92. The summed E-state index contributed by atoms with van der Waals surface area (Å²) in [6, 6.07) is 12.3. The first kappa shape index (κ1) is 15.4. The Hall–Kier alpha value is -2.49. The summed E-state index contributed by atoms with van der Waals surface area (Å²) in [7, 11) is -3.64. The molecule has 0 unspecified atom stereocenters. The summed E-state index contributed by atoms with van der Waals surface area (Å²) in [5, 5.41) is 10.2. The average Bonchev–Trinajstić information content (AvgIpc) is 3.03. The number of nitrogen functional groups attached to an aromatic ring is 1. The van der Waals surface area contributed by atoms with E-state index in [1.807, 2.05) is 24.3 Å². The lowest BCUT2D eigenvalue weighted by Crippen LogP contribution is -2.26. The molecule has 0 atom stereocenters. The number of hydrogen-bond acceptors (Lipinski definition) is 6. The van der Waals surface area contributed by atoms with Gasteiger partial charge in [0, 0.05) is 12.2 Å². The van der Waals surface area contributed by atoms with Crippen LogP contribution in [0.4, 0.5) is 5.69 Å². The summed E-state index contributed by atoms with van der Waals surface area (Å²) in [5.41, 5.74) is 5.19. The van der Waals surface area contributed by atoms with Gasteiger partial charge >= 0.3 is 0 Å². The highest BCUT2D eigenvalue weighted by atomic mass is 32.2. The van der Waals surface area contributed by atoms with Gasteiger partial charge in [-0.1, -0.05) is 18.2 Å². The molecule has 0 aliphatic heterocycles. The number of sulfonamides is 1. The number of hydrazine groups is 1. The van der Waals surface area contributed by atoms with Gasteiger partial charge in [0.05, 0.1) is 0 Å². The fraction of sp³-hybridized carbons (Fsp3) is 0.143. The minimum Gasteiger partial charge on any atom is -0.324 e. The summed E-state index contributed by atoms with van der Waals surface area (Å²) in [4.78, 5) is 0.117. The molecule has 0 bridgehead atoms. The van der Waals surface area contributed by atoms with Gasteiger partial charge in [-0.15, -0.1) is 0 Å². The number of benzene rings is 2. The second-order valence-corrected chi connectivity index (χ2v) is 6.67. The van der Waals surface area contributed by atoms with Crippen molar-refractivity contribution in [1.82, 2.24) is 20.1 Å². The zero-order valence-electron chi connectivity index (χ0n) is 12.2. The maximum Gasteiger partial charge on any atom is 0.242 e. The molecule has 23 heavy (non-hydrogen) atoms. The Balaban J connectivity index is 1.70. The minimum absolute atomic E-state index is 0.117. The molecule has 120 valence electrons. The molecule has 1 heterocycles. The molecule has 5 N–H and O–H groups in total. The number of rotatable bonds is 6. The number of H-pyrrole nitrogens is 1. The van der Waals surface area contributed by atoms with Crippen molar-refractivity contribution < 1.29 is 8.42 Å². The lowest BCUT2D eigenvalue weighted by molar-refractivity contribution is 0.582. The molecule has 0 radical (unpaired) electrons. The van der Waals surface area contributed by atoms with Gasteiger partial charge in [0.2, 0.25) is 10.0 Å². The fourth-order valence-corrected chi connectivity index (χ4v) is 3.42. The summed E-state index contributed by atoms with van der Waals surface area (Å²) in [6.45, 7) is 0.284. The van der Waals surface area contributed by atoms with E-state index in [1.54, 1.807) is 12.1 Å². The Kier molecular flexibility index (Phi) is 4.24. The molecular weight excluding hydrogens is 316 g/mol. The predicted octanol–water partition coefficient (Wildman–Crippen LogP) is 0.764. The van der Waals surface area contributed by atoms with Crippen LogP contribution in [0.1, 0.15) is 5.56 Å². The molecule has 2 aromatic carbocycles. The molecule has 0 saturated heterocycles. The molecule has 1 aromatic heterocycles. The quantitative estimate of drug-likeness (QED) is 0.390. The van der Waals surface area contributed by atoms with Gasteiger partial charge in [0.1, 0.15) is 15.9 Å². The number of nitrogens with zero attached hydrogens (tertiary/aromatic N) is 2. The van der Waals surface area contributed by atoms with Crippen LogP contribution >= 0.6 is 0 Å². The standard InChI is InChI=1S/C14H16N6O2S/c15-17-11-6-4-10(5-7-11)8-9-16-23(21,22)13-3-1-2-12-14(13)19-20-18-12/h1-7,16-17H,8-9,15H2,(H,18,19,20). The molecule has 8 nitrogen and oxygen atoms in total. The lowest BCUT2D eigenvalue weighted by Gasteiger charge is -2.07. The van der Waals surface area contributed by atoms with Crippen LogP contribution < -0.4 is 16.0 Å². The lowest BCUT2D eigenvalue weighted by atomic mass is 10.1. The number of hydrogen-bond donors (Lipinski definition) is 4. The van der Waals surface area contributed by atoms with Crippen LogP contribution in [0.3, 0.4) is 0 Å². The number of nitrogens with two attached hydrogens (primary N) is 1. The maximum absolute atomic E-state index is 12.4. The van der Waals surface area contributed by atoms with E-state index in [9.17, 15) is 8.42 Å². The topological polar surface area (TPSA) is 126 Å². The zero-order valence-corrected chi connectivity index (χ0v) is 13.0. The van der Waals surface area contributed by atoms with Crippen LogP contribution in [0, 0.1) is 0 Å². The van der Waals surface area contributed by atoms with Crippen molar-refractivity contribution in [3.05, 3.63) is 48.0 Å². The van der Waals surface area contributed by atoms with Crippen molar-refractivity contribution >= 4 is 26.7 Å². The fourth-order valence-electron chi connectivity index (χ4n) is 2.23. The largest absolute Gasteiger partial charge is 0.324 e. The van der Waals surface area contributed by atoms with E-state index in [0.717, 1.165) is 11.3 Å². The molecule has 0 spiro atoms. The Morgan fingerprint density at radius 3 is 2.61 bits per heavy atom. The Bertz CT molecular complexity index is 904. The zero-order chi connectivity index (χ0) is 16.3. The van der Waals surface area contributed by atoms with Crippen LogP contribution in [0.15, 0.2) is 47.4 Å². The normalized spacial score (nSPS) is 11.7. The first-order chi connectivity index (χ1) is 11.1. The van der Waals surface area contributed by atoms with Crippen LogP contribution in [0.5, 0.6) is 0 Å². The molecular formula is C14H16N6O2S. The molecule has 0 saturated carbocycles. The van der Waals surface area contributed by atoms with Gasteiger partial charge in [-0.05, 0) is 36.2 Å². The monoisotopic (exact) mass is 332 g/mol. The van der Waals surface area contributed by atoms with Crippen LogP contribution in [0.2, 0.25) is 0 Å². The van der Waals surface area contributed by atoms with Crippen LogP contribution in [-0.2, 0) is 16.4 Å². The molecule has 3 rings (SSSR count). The molecule has 9 heteroatoms. The van der Waals surface area contributed by atoms with E-state index in [-0.39, 0.29) is 11.4 Å². The summed E-state index contributed by atoms with van der Waals surface area (Å²) >= 11 is 0. The number of anilines is 1. The summed E-state index contributed by atoms with van der Waals surface area (Å²) in [5.74, 6) is 5.30. The van der Waals surface area contributed by atoms with Crippen molar-refractivity contribution in [2.24, 2.45) is 5.84 Å². The van der Waals surface area contributed by atoms with Crippen molar-refractivity contribution in [3.63, 3.8) is 0 Å². The van der Waals surface area contributed by atoms with Gasteiger partial charge in [0.25, 0.3) is 0 Å². The Morgan fingerprint density at radius 1 is 1.09 bits per heavy atom. The average molecular weight is 332 g/mol. The van der Waals surface area contributed by atoms with Crippen molar-refractivity contribution in [2.45, 2.75) is 11.3 Å². The second kappa shape index (κ2) is 6.32. The predicted molar refractivity (Wildman–Crippen MR) is 87.0 cm³/mol. The summed E-state index contributed by atoms with van der Waals surface area (Å²) in [6.07, 6.45) is 0.568. The van der Waals surface area contributed by atoms with Crippen molar-refractivity contribution in [3.8, 4) is 0 Å². The number of aromatic nitrogens is 3. The molecule has 0 amide bonds. The molecule has 0 aliphatic carbocycles. The number of aromatic amines is 1. The first-order valence-electron chi connectivity index (χ1n) is 6.95. The highest BCUT2D eigenvalue weighted by Gasteiger charge is 2.18. The number of nitrogens with one attached hydrogen (secondary N) is 3. The molecule has 3 aromatic rings. The van der Waals surface area contributed by atoms with Gasteiger partial charge in [-0.25, -0.2) is 13.1 Å². The number of para-hydroxylation sites is 1. The molecule has 0 aliphatic rings. The number of fused-ring (bicyclic) bond motifs is 1. The van der Waals surface area contributed by atoms with Gasteiger partial charge in [0.15, 0.2) is 0 Å². The smallest absolute Gasteiger partial charge is 0.242 e. The molecule has 0 fully saturated rings. The van der Waals surface area contributed by atoms with E-state index >= 15 is 0 Å². The maximum atomic E-state index is 12.4. The van der Waals surface area contributed by atoms with Gasteiger partial charge in [-0.3, -0.25) is 5.84 Å². The first-order valence-corrected chi connectivity index (χ1v) is 8.43. The summed E-state index contributed by atoms with van der Waals surface area (Å²) < 4.78 is 27.4. The van der Waals surface area contributed by atoms with E-state index in [0.29, 0.717) is 17.5 Å². The van der Waals surface area contributed by atoms with E-state index < -0.39 is 10.0 Å². The van der Waals surface area contributed by atoms with E-state index in [4.69, 9.17) is 5.84 Å². The third-order valence-electron chi connectivity index (χ3n) is 3.43. The van der Waals surface area contributed by atoms with Crippen molar-refractivity contribution in [2.75, 3.05) is 12.0 Å². The minimum atomic E-state index is -3.64. The van der Waals surface area contributed by atoms with Crippen molar-refractivity contribution in [1.29, 1.82) is 0 Å². The van der Waals surface area contributed by atoms with E-state index in [1.165, 1.54) is 6.07 Å². The Morgan fingerprint density at radius 2 is 1.87 bits per heavy atom. The van der Waals surface area contributed by atoms with Crippen LogP contribution in [-0.4, -0.2) is 30.4 Å². The van der Waals surface area contributed by atoms with E-state index in [2.05, 4.69) is 25.6 Å². The van der Waals surface area contributed by atoms with Gasteiger partial charge in [-0.2, -0.15) is 15.4 Å². The Labute approximate surface area is 133 Å². The second-order valence-electron chi connectivity index (χ2n) is 4.94. The van der Waals surface area contributed by atoms with Crippen LogP contribution in [0.25, 0.3) is 11.0 Å².